The Morgan fingerprint density at radius 1 is 1.06 bits per heavy atom. The maximum absolute atomic E-state index is 13.6. The summed E-state index contributed by atoms with van der Waals surface area (Å²) in [5.41, 5.74) is -0.331. The Hall–Kier alpha value is -2.25. The van der Waals surface area contributed by atoms with E-state index in [-0.39, 0.29) is 22.2 Å². The molecular formula is C26H28Cl2F3NO3. The van der Waals surface area contributed by atoms with E-state index in [1.165, 1.54) is 30.3 Å². The molecule has 0 heterocycles. The lowest BCUT2D eigenvalue weighted by atomic mass is 9.85. The highest BCUT2D eigenvalue weighted by Crippen LogP contribution is 2.51. The molecule has 2 aromatic carbocycles. The first-order valence-electron chi connectivity index (χ1n) is 11.3. The van der Waals surface area contributed by atoms with Crippen molar-refractivity contribution >= 4 is 40.8 Å². The molecule has 1 aliphatic rings. The molecule has 9 heteroatoms. The first-order valence-corrected chi connectivity index (χ1v) is 12.0. The molecule has 1 saturated carbocycles. The Morgan fingerprint density at radius 2 is 1.66 bits per heavy atom. The van der Waals surface area contributed by atoms with E-state index in [9.17, 15) is 22.8 Å². The number of carbonyl (C=O) groups excluding carboxylic acids is 2. The van der Waals surface area contributed by atoms with Crippen LogP contribution in [-0.4, -0.2) is 23.7 Å². The van der Waals surface area contributed by atoms with E-state index < -0.39 is 34.9 Å². The van der Waals surface area contributed by atoms with E-state index in [1.807, 2.05) is 0 Å². The highest BCUT2D eigenvalue weighted by Gasteiger charge is 2.52. The average molecular weight is 530 g/mol. The zero-order chi connectivity index (χ0) is 26.2. The molecule has 35 heavy (non-hydrogen) atoms. The van der Waals surface area contributed by atoms with Gasteiger partial charge in [0.2, 0.25) is 5.91 Å². The molecule has 0 bridgehead atoms. The van der Waals surface area contributed by atoms with Crippen LogP contribution in [0.1, 0.15) is 57.6 Å². The largest absolute Gasteiger partial charge is 0.460 e. The van der Waals surface area contributed by atoms with Gasteiger partial charge in [-0.15, -0.1) is 0 Å². The van der Waals surface area contributed by atoms with Gasteiger partial charge in [-0.2, -0.15) is 13.2 Å². The summed E-state index contributed by atoms with van der Waals surface area (Å²) in [5, 5.41) is 3.11. The smallest absolute Gasteiger partial charge is 0.392 e. The number of amides is 1. The first-order chi connectivity index (χ1) is 16.1. The van der Waals surface area contributed by atoms with Gasteiger partial charge in [-0.3, -0.25) is 9.59 Å². The van der Waals surface area contributed by atoms with Crippen LogP contribution in [-0.2, 0) is 20.7 Å². The molecule has 1 N–H and O–H groups in total. The number of nitrogens with one attached hydrogen (secondary N) is 1. The number of alkyl halides is 3. The predicted octanol–water partition coefficient (Wildman–Crippen LogP) is 7.58. The molecule has 1 fully saturated rings. The van der Waals surface area contributed by atoms with Crippen molar-refractivity contribution < 1.29 is 27.5 Å². The van der Waals surface area contributed by atoms with Crippen molar-refractivity contribution in [2.75, 3.05) is 5.32 Å². The zero-order valence-electron chi connectivity index (χ0n) is 19.9. The lowest BCUT2D eigenvalue weighted by molar-refractivity contribution is -0.178. The Balaban J connectivity index is 1.85. The van der Waals surface area contributed by atoms with Gasteiger partial charge in [0.25, 0.3) is 0 Å². The monoisotopic (exact) mass is 529 g/mol. The Bertz CT molecular complexity index is 1090. The van der Waals surface area contributed by atoms with Gasteiger partial charge in [-0.05, 0) is 69.4 Å². The van der Waals surface area contributed by atoms with E-state index >= 15 is 0 Å². The number of halogens is 5. The van der Waals surface area contributed by atoms with Crippen molar-refractivity contribution in [3.63, 3.8) is 0 Å². The molecule has 0 aromatic heterocycles. The number of ether oxygens (including phenoxy) is 1. The minimum absolute atomic E-state index is 0.183. The highest BCUT2D eigenvalue weighted by atomic mass is 35.5. The van der Waals surface area contributed by atoms with Crippen molar-refractivity contribution in [3.8, 4) is 0 Å². The van der Waals surface area contributed by atoms with Crippen LogP contribution in [0.15, 0.2) is 42.5 Å². The summed E-state index contributed by atoms with van der Waals surface area (Å²) in [6, 6.07) is 10.6. The van der Waals surface area contributed by atoms with Crippen LogP contribution in [0.25, 0.3) is 0 Å². The molecule has 0 unspecified atom stereocenters. The van der Waals surface area contributed by atoms with E-state index in [2.05, 4.69) is 5.32 Å². The Morgan fingerprint density at radius 3 is 2.17 bits per heavy atom. The molecule has 0 radical (unpaired) electrons. The maximum Gasteiger partial charge on any atom is 0.392 e. The van der Waals surface area contributed by atoms with Gasteiger partial charge in [0.05, 0.1) is 28.0 Å². The van der Waals surface area contributed by atoms with Gasteiger partial charge >= 0.3 is 12.1 Å². The Labute approximate surface area is 213 Å². The quantitative estimate of drug-likeness (QED) is 0.376. The fraction of sp³-hybridized carbons (Fsp3) is 0.462. The number of esters is 1. The van der Waals surface area contributed by atoms with Crippen LogP contribution in [0.5, 0.6) is 0 Å². The van der Waals surface area contributed by atoms with Gasteiger partial charge in [0.15, 0.2) is 0 Å². The molecule has 3 rings (SSSR count). The topological polar surface area (TPSA) is 55.4 Å². The lowest BCUT2D eigenvalue weighted by Crippen LogP contribution is -2.34. The van der Waals surface area contributed by atoms with E-state index in [4.69, 9.17) is 27.9 Å². The summed E-state index contributed by atoms with van der Waals surface area (Å²) in [6.45, 7) is 6.35. The second-order valence-corrected chi connectivity index (χ2v) is 10.9. The van der Waals surface area contributed by atoms with Crippen molar-refractivity contribution in [3.05, 3.63) is 63.6 Å². The third-order valence-corrected chi connectivity index (χ3v) is 6.78. The summed E-state index contributed by atoms with van der Waals surface area (Å²) in [5.74, 6) is -4.61. The van der Waals surface area contributed by atoms with Crippen LogP contribution >= 0.6 is 23.2 Å². The fourth-order valence-corrected chi connectivity index (χ4v) is 4.27. The second-order valence-electron chi connectivity index (χ2n) is 10.1. The van der Waals surface area contributed by atoms with Gasteiger partial charge in [-0.1, -0.05) is 54.4 Å². The highest BCUT2D eigenvalue weighted by molar-refractivity contribution is 6.34. The Kier molecular flexibility index (Phi) is 7.82. The maximum atomic E-state index is 13.6. The van der Waals surface area contributed by atoms with E-state index in [1.54, 1.807) is 32.9 Å². The minimum atomic E-state index is -4.60. The molecule has 0 spiro atoms. The lowest BCUT2D eigenvalue weighted by Gasteiger charge is -2.26. The molecule has 0 aliphatic heterocycles. The number of hydrogen-bond acceptors (Lipinski definition) is 3. The molecule has 2 aromatic rings. The van der Waals surface area contributed by atoms with E-state index in [0.717, 1.165) is 6.92 Å². The summed E-state index contributed by atoms with van der Waals surface area (Å²) in [6.07, 6.45) is -2.99. The van der Waals surface area contributed by atoms with Gasteiger partial charge < -0.3 is 10.1 Å². The van der Waals surface area contributed by atoms with Crippen LogP contribution in [0.4, 0.5) is 18.9 Å². The summed E-state index contributed by atoms with van der Waals surface area (Å²) in [4.78, 5) is 25.8. The van der Waals surface area contributed by atoms with E-state index in [0.29, 0.717) is 29.8 Å². The number of rotatable bonds is 7. The first kappa shape index (κ1) is 27.3. The van der Waals surface area contributed by atoms with Crippen LogP contribution in [0, 0.1) is 11.3 Å². The minimum Gasteiger partial charge on any atom is -0.460 e. The molecule has 4 nitrogen and oxygen atoms in total. The molecular weight excluding hydrogens is 502 g/mol. The third-order valence-electron chi connectivity index (χ3n) is 6.08. The third kappa shape index (κ3) is 6.70. The molecule has 1 amide bonds. The normalized spacial score (nSPS) is 16.8. The number of anilines is 1. The molecule has 1 aliphatic carbocycles. The van der Waals surface area contributed by atoms with Crippen molar-refractivity contribution in [2.24, 2.45) is 11.3 Å². The summed E-state index contributed by atoms with van der Waals surface area (Å²) < 4.78 is 46.4. The fourth-order valence-electron chi connectivity index (χ4n) is 3.90. The standard InChI is InChI=1S/C26H28Cl2F3NO3/c1-15(26(29,30)31)20(16-8-10-18(27)11-9-16)22(33)32-19-7-5-6-17(21(19)28)14-25(12-13-25)23(34)35-24(2,3)4/h5-11,15,20H,12-14H2,1-4H3,(H,32,33)/t15-,20+/m1/s1. The zero-order valence-corrected chi connectivity index (χ0v) is 21.4. The SMILES string of the molecule is C[C@H]([C@H](C(=O)Nc1cccc(CC2(C(=O)OC(C)(C)C)CC2)c1Cl)c1ccc(Cl)cc1)C(F)(F)F. The van der Waals surface area contributed by atoms with Gasteiger partial charge in [0, 0.05) is 5.02 Å². The molecule has 0 saturated heterocycles. The number of benzene rings is 2. The van der Waals surface area contributed by atoms with Crippen LogP contribution < -0.4 is 5.32 Å². The van der Waals surface area contributed by atoms with Crippen molar-refractivity contribution in [1.29, 1.82) is 0 Å². The van der Waals surface area contributed by atoms with Crippen LogP contribution in [0.3, 0.4) is 0 Å². The molecule has 2 atom stereocenters. The average Bonchev–Trinajstić information content (AvgIpc) is 3.51. The predicted molar refractivity (Wildman–Crippen MR) is 131 cm³/mol. The number of carbonyl (C=O) groups is 2. The van der Waals surface area contributed by atoms with Crippen LogP contribution in [0.2, 0.25) is 10.0 Å². The number of hydrogen-bond donors (Lipinski definition) is 1. The van der Waals surface area contributed by atoms with Gasteiger partial charge in [-0.25, -0.2) is 0 Å². The van der Waals surface area contributed by atoms with Crippen molar-refractivity contribution in [1.82, 2.24) is 0 Å². The second kappa shape index (κ2) is 10.0. The van der Waals surface area contributed by atoms with Gasteiger partial charge in [0.1, 0.15) is 5.60 Å². The molecule has 190 valence electrons. The van der Waals surface area contributed by atoms with Crippen molar-refractivity contribution in [2.45, 2.75) is 64.7 Å². The summed E-state index contributed by atoms with van der Waals surface area (Å²) in [7, 11) is 0. The summed E-state index contributed by atoms with van der Waals surface area (Å²) >= 11 is 12.4.